The molecule has 6 N–H and O–H groups in total. The van der Waals surface area contributed by atoms with Gasteiger partial charge in [0.2, 0.25) is 0 Å². The van der Waals surface area contributed by atoms with Crippen molar-refractivity contribution >= 4 is 11.9 Å². The van der Waals surface area contributed by atoms with Gasteiger partial charge in [-0.15, -0.1) is 23.0 Å². The Morgan fingerprint density at radius 1 is 0.303 bits per heavy atom. The summed E-state index contributed by atoms with van der Waals surface area (Å²) >= 11 is 0. The summed E-state index contributed by atoms with van der Waals surface area (Å²) in [4.78, 5) is 24.3. The summed E-state index contributed by atoms with van der Waals surface area (Å²) in [6.07, 6.45) is 1.56. The number of fused-ring (bicyclic) bond motifs is 16. The van der Waals surface area contributed by atoms with E-state index in [4.69, 9.17) is 0 Å². The Balaban J connectivity index is 0.000000184. The summed E-state index contributed by atoms with van der Waals surface area (Å²) in [5.74, 6) is -3.41. The predicted molar refractivity (Wildman–Crippen MR) is 336 cm³/mol. The maximum absolute atomic E-state index is 13.9. The molecule has 0 amide bonds. The predicted octanol–water partition coefficient (Wildman–Crippen LogP) is 12.7. The molecule has 0 fully saturated rings. The highest BCUT2D eigenvalue weighted by molar-refractivity contribution is 5.89. The van der Waals surface area contributed by atoms with Gasteiger partial charge in [-0.05, 0) is 162 Å². The number of hydrogen-bond acceptors (Lipinski definition) is 10. The maximum Gasteiger partial charge on any atom is 0.335 e. The Hall–Kier alpha value is -10.5. The van der Waals surface area contributed by atoms with Gasteiger partial charge in [0.05, 0.1) is 11.1 Å². The zero-order valence-corrected chi connectivity index (χ0v) is 50.4. The molecule has 12 heteroatoms. The highest BCUT2D eigenvalue weighted by atomic mass is 16.4. The van der Waals surface area contributed by atoms with E-state index in [9.17, 15) is 60.7 Å². The molecule has 2 aliphatic rings. The van der Waals surface area contributed by atoms with Crippen LogP contribution in [-0.4, -0.2) is 42.6 Å². The average Bonchev–Trinajstić information content (AvgIpc) is 2.83. The molecule has 0 aromatic heterocycles. The topological polar surface area (TPSA) is 248 Å². The van der Waals surface area contributed by atoms with E-state index in [1.807, 2.05) is 144 Å². The van der Waals surface area contributed by atoms with Gasteiger partial charge in [-0.2, -0.15) is 0 Å². The van der Waals surface area contributed by atoms with Crippen molar-refractivity contribution in [2.45, 2.75) is 99.3 Å². The minimum Gasteiger partial charge on any atom is -0.872 e. The van der Waals surface area contributed by atoms with Crippen LogP contribution in [0.3, 0.4) is 0 Å². The molecule has 10 aromatic rings. The van der Waals surface area contributed by atoms with Crippen molar-refractivity contribution in [3.05, 3.63) is 279 Å². The van der Waals surface area contributed by atoms with E-state index in [1.54, 1.807) is 12.1 Å². The minimum absolute atomic E-state index is 0.0113. The largest absolute Gasteiger partial charge is 0.872 e. The molecule has 0 atom stereocenters. The Kier molecular flexibility index (Phi) is 16.5. The van der Waals surface area contributed by atoms with Crippen LogP contribution in [0.1, 0.15) is 150 Å². The van der Waals surface area contributed by atoms with Crippen LogP contribution in [0.2, 0.25) is 0 Å². The van der Waals surface area contributed by atoms with E-state index in [2.05, 4.69) is 6.92 Å². The molecule has 10 aromatic carbocycles. The molecule has 450 valence electrons. The number of phenols is 4. The van der Waals surface area contributed by atoms with E-state index in [-0.39, 0.29) is 131 Å². The van der Waals surface area contributed by atoms with Crippen LogP contribution in [-0.2, 0) is 57.8 Å². The van der Waals surface area contributed by atoms with Crippen molar-refractivity contribution in [1.29, 1.82) is 0 Å². The third-order valence-electron chi connectivity index (χ3n) is 17.2. The molecule has 0 saturated carbocycles. The second-order valence-electron chi connectivity index (χ2n) is 24.2. The van der Waals surface area contributed by atoms with Crippen molar-refractivity contribution in [3.8, 4) is 68.2 Å². The number of carbonyl (C=O) groups is 2. The summed E-state index contributed by atoms with van der Waals surface area (Å²) in [6.45, 7) is 11.7. The molecule has 12 rings (SSSR count). The van der Waals surface area contributed by atoms with Crippen molar-refractivity contribution in [3.63, 3.8) is 0 Å². The lowest BCUT2D eigenvalue weighted by molar-refractivity contribution is -0.271. The Bertz CT molecular complexity index is 4500. The molecule has 0 saturated heterocycles. The van der Waals surface area contributed by atoms with Gasteiger partial charge >= 0.3 is 11.9 Å². The van der Waals surface area contributed by atoms with Crippen LogP contribution in [0.25, 0.3) is 22.3 Å². The van der Waals surface area contributed by atoms with Crippen LogP contribution in [0.15, 0.2) is 146 Å². The second-order valence-corrected chi connectivity index (χ2v) is 24.2. The lowest BCUT2D eigenvalue weighted by Gasteiger charge is -2.25. The number of phenolic OH excluding ortho intramolecular Hbond substituents is 4. The van der Waals surface area contributed by atoms with Crippen molar-refractivity contribution in [1.82, 2.24) is 0 Å². The van der Waals surface area contributed by atoms with Gasteiger partial charge in [0.1, 0.15) is 23.0 Å². The molecule has 0 radical (unpaired) electrons. The number of rotatable bonds is 5. The van der Waals surface area contributed by atoms with E-state index >= 15 is 0 Å². The summed E-state index contributed by atoms with van der Waals surface area (Å²) in [5, 5.41) is 121. The number of aromatic hydroxyl groups is 4. The quantitative estimate of drug-likeness (QED) is 0.0942. The highest BCUT2D eigenvalue weighted by Gasteiger charge is 2.23. The fraction of sp³-hybridized carbons (Fsp3) is 0.195. The van der Waals surface area contributed by atoms with Crippen LogP contribution in [0.4, 0.5) is 0 Å². The van der Waals surface area contributed by atoms with Gasteiger partial charge in [-0.25, -0.2) is 9.59 Å². The molecule has 0 unspecified atom stereocenters. The Morgan fingerprint density at radius 2 is 0.517 bits per heavy atom. The van der Waals surface area contributed by atoms with E-state index < -0.39 is 11.9 Å². The van der Waals surface area contributed by atoms with Crippen molar-refractivity contribution in [2.75, 3.05) is 0 Å². The highest BCUT2D eigenvalue weighted by Crippen LogP contribution is 2.42. The zero-order valence-electron chi connectivity index (χ0n) is 50.4. The first kappa shape index (κ1) is 60.2. The number of aryl methyl sites for hydroxylation is 6. The fourth-order valence-electron chi connectivity index (χ4n) is 12.8. The molecule has 16 bridgehead atoms. The molecule has 0 aliphatic heterocycles. The fourth-order valence-corrected chi connectivity index (χ4v) is 12.8. The molecule has 12 nitrogen and oxygen atoms in total. The number of benzene rings is 10. The lowest BCUT2D eigenvalue weighted by Crippen LogP contribution is -2.09. The Morgan fingerprint density at radius 3 is 0.753 bits per heavy atom. The molecular formula is C77H66O12-4. The summed E-state index contributed by atoms with van der Waals surface area (Å²) in [5.41, 5.74) is 16.2. The van der Waals surface area contributed by atoms with Gasteiger partial charge in [-0.1, -0.05) is 176 Å². The van der Waals surface area contributed by atoms with Crippen LogP contribution >= 0.6 is 0 Å². The van der Waals surface area contributed by atoms with Gasteiger partial charge in [0, 0.05) is 51.4 Å². The molecule has 0 spiro atoms. The average molecular weight is 1180 g/mol. The number of carboxylic acids is 2. The number of aromatic carboxylic acids is 2. The van der Waals surface area contributed by atoms with Crippen LogP contribution in [0.5, 0.6) is 46.0 Å². The van der Waals surface area contributed by atoms with E-state index in [1.165, 1.54) is 29.8 Å². The SMILES string of the molecule is CCc1ccc(-c2cc3c(O)c(c2)Cc2cc(C(=O)O)cc(c2[O-])Cc2cc(C)cc(c2O)Cc2cc(C)cc(c2[O-])C3)cc1.Cc1ccc(-c2cc3c(O)c(c2)Cc2cc(C(=O)O)cc(c2[O-])Cc2cc(C)cc(c2O)Cc2cc(C)cc(c2[O-])C3)cc1. The van der Waals surface area contributed by atoms with Crippen LogP contribution < -0.4 is 20.4 Å². The molecular weight excluding hydrogens is 1120 g/mol. The first-order valence-corrected chi connectivity index (χ1v) is 29.7. The van der Waals surface area contributed by atoms with Crippen LogP contribution in [0, 0.1) is 34.6 Å². The first-order chi connectivity index (χ1) is 42.5. The van der Waals surface area contributed by atoms with Crippen molar-refractivity contribution < 1.29 is 60.7 Å². The third-order valence-corrected chi connectivity index (χ3v) is 17.2. The summed E-state index contributed by atoms with van der Waals surface area (Å²) < 4.78 is 0. The van der Waals surface area contributed by atoms with Gasteiger partial charge in [-0.3, -0.25) is 0 Å². The molecule has 89 heavy (non-hydrogen) atoms. The van der Waals surface area contributed by atoms with Gasteiger partial charge in [0.25, 0.3) is 0 Å². The smallest absolute Gasteiger partial charge is 0.335 e. The molecule has 0 heterocycles. The minimum atomic E-state index is -1.17. The monoisotopic (exact) mass is 1180 g/mol. The van der Waals surface area contributed by atoms with E-state index in [0.29, 0.717) is 66.8 Å². The van der Waals surface area contributed by atoms with Crippen molar-refractivity contribution in [2.24, 2.45) is 0 Å². The normalized spacial score (nSPS) is 12.6. The summed E-state index contributed by atoms with van der Waals surface area (Å²) in [6, 6.07) is 43.4. The third kappa shape index (κ3) is 12.6. The van der Waals surface area contributed by atoms with E-state index in [0.717, 1.165) is 56.5 Å². The standard InChI is InChI=1S/C39H36O6.C38H34O6/c1-4-23-5-7-24(8-6-23)25-13-30-16-28-11-21(2)9-26(35(28)40)15-27-10-22(3)12-29(36(27)41)17-32-19-34(39(44)45)20-33(38(32)43)18-31(14-25)37(30)42;1-20-4-6-23(7-5-20)24-12-29-15-27-10-21(2)8-25(34(27)39)14-26-9-22(3)11-28(35(26)40)16-31-18-33(38(43)44)19-32(37(31)42)17-30(13-24)36(29)41/h5-14,19-20,40-43H,4,15-18H2,1-3H3,(H,44,45);4-13,18-19,39-42H,14-17H2,1-3H3,(H,43,44)/p-4. The number of carboxylic acid groups (broad SMARTS) is 2. The number of hydrogen-bond donors (Lipinski definition) is 6. The second kappa shape index (κ2) is 24.4. The first-order valence-electron chi connectivity index (χ1n) is 29.7. The maximum atomic E-state index is 13.9. The zero-order chi connectivity index (χ0) is 63.3. The molecule has 2 aliphatic carbocycles. The summed E-state index contributed by atoms with van der Waals surface area (Å²) in [7, 11) is 0. The van der Waals surface area contributed by atoms with Gasteiger partial charge in [0.15, 0.2) is 0 Å². The Labute approximate surface area is 516 Å². The lowest BCUT2D eigenvalue weighted by atomic mass is 9.88. The van der Waals surface area contributed by atoms with Gasteiger partial charge < -0.3 is 51.1 Å².